The third kappa shape index (κ3) is 3.76. The second-order valence-corrected chi connectivity index (χ2v) is 9.28. The predicted molar refractivity (Wildman–Crippen MR) is 114 cm³/mol. The standard InChI is InChI=1S/C21H26N6OS/c1-5-26(13-15-6-8-22-9-7-15)20(28)16-12-24-27-18(16)25-17(10-21(27,3)4)19-23-11-14(2)29-19/h6-9,11-12,17,25H,5,10,13H2,1-4H3. The molecule has 0 spiro atoms. The van der Waals surface area contributed by atoms with Crippen LogP contribution in [-0.2, 0) is 12.1 Å². The van der Waals surface area contributed by atoms with Gasteiger partial charge in [0.1, 0.15) is 16.4 Å². The first-order valence-electron chi connectivity index (χ1n) is 9.84. The highest BCUT2D eigenvalue weighted by atomic mass is 32.1. The summed E-state index contributed by atoms with van der Waals surface area (Å²) < 4.78 is 1.94. The van der Waals surface area contributed by atoms with E-state index in [2.05, 4.69) is 41.2 Å². The molecule has 0 aliphatic carbocycles. The van der Waals surface area contributed by atoms with Crippen LogP contribution >= 0.6 is 11.3 Å². The molecule has 0 bridgehead atoms. The number of hydrogen-bond acceptors (Lipinski definition) is 6. The lowest BCUT2D eigenvalue weighted by Crippen LogP contribution is -2.39. The summed E-state index contributed by atoms with van der Waals surface area (Å²) in [5.41, 5.74) is 1.44. The number of carbonyl (C=O) groups excluding carboxylic acids is 1. The quantitative estimate of drug-likeness (QED) is 0.688. The third-order valence-corrected chi connectivity index (χ3v) is 6.34. The molecule has 152 valence electrons. The van der Waals surface area contributed by atoms with Crippen molar-refractivity contribution in [2.24, 2.45) is 0 Å². The average Bonchev–Trinajstić information content (AvgIpc) is 3.33. The zero-order chi connectivity index (χ0) is 20.6. The van der Waals surface area contributed by atoms with Gasteiger partial charge in [-0.3, -0.25) is 9.78 Å². The Kier molecular flexibility index (Phi) is 5.12. The molecule has 7 nitrogen and oxygen atoms in total. The van der Waals surface area contributed by atoms with Crippen molar-refractivity contribution in [3.63, 3.8) is 0 Å². The number of rotatable bonds is 5. The number of nitrogens with zero attached hydrogens (tertiary/aromatic N) is 5. The van der Waals surface area contributed by atoms with E-state index in [1.54, 1.807) is 29.9 Å². The highest BCUT2D eigenvalue weighted by Gasteiger charge is 2.38. The van der Waals surface area contributed by atoms with Gasteiger partial charge in [0.25, 0.3) is 5.91 Å². The van der Waals surface area contributed by atoms with Crippen LogP contribution in [0.5, 0.6) is 0 Å². The van der Waals surface area contributed by atoms with Crippen LogP contribution in [0.4, 0.5) is 5.82 Å². The number of nitrogens with one attached hydrogen (secondary N) is 1. The maximum absolute atomic E-state index is 13.4. The van der Waals surface area contributed by atoms with Gasteiger partial charge in [0.2, 0.25) is 0 Å². The van der Waals surface area contributed by atoms with Crippen LogP contribution < -0.4 is 5.32 Å². The van der Waals surface area contributed by atoms with Crippen molar-refractivity contribution in [2.45, 2.75) is 52.2 Å². The summed E-state index contributed by atoms with van der Waals surface area (Å²) in [4.78, 5) is 25.0. The lowest BCUT2D eigenvalue weighted by Gasteiger charge is -2.37. The van der Waals surface area contributed by atoms with Gasteiger partial charge in [-0.25, -0.2) is 9.67 Å². The second kappa shape index (κ2) is 7.59. The van der Waals surface area contributed by atoms with Crippen LogP contribution in [0.3, 0.4) is 0 Å². The van der Waals surface area contributed by atoms with Gasteiger partial charge >= 0.3 is 0 Å². The minimum absolute atomic E-state index is 0.0233. The fourth-order valence-corrected chi connectivity index (χ4v) is 4.62. The number of fused-ring (bicyclic) bond motifs is 1. The maximum atomic E-state index is 13.4. The van der Waals surface area contributed by atoms with Crippen molar-refractivity contribution in [1.82, 2.24) is 24.6 Å². The number of pyridine rings is 1. The van der Waals surface area contributed by atoms with Gasteiger partial charge in [0.05, 0.1) is 17.8 Å². The molecule has 8 heteroatoms. The van der Waals surface area contributed by atoms with E-state index in [1.165, 1.54) is 4.88 Å². The lowest BCUT2D eigenvalue weighted by molar-refractivity contribution is 0.0753. The van der Waals surface area contributed by atoms with Crippen LogP contribution in [-0.4, -0.2) is 37.1 Å². The molecule has 1 aliphatic heterocycles. The van der Waals surface area contributed by atoms with Gasteiger partial charge in [-0.15, -0.1) is 11.3 Å². The minimum Gasteiger partial charge on any atom is -0.360 e. The van der Waals surface area contributed by atoms with E-state index in [4.69, 9.17) is 0 Å². The molecule has 0 saturated heterocycles. The molecule has 1 N–H and O–H groups in total. The average molecular weight is 411 g/mol. The van der Waals surface area contributed by atoms with Crippen molar-refractivity contribution < 1.29 is 4.79 Å². The van der Waals surface area contributed by atoms with Crippen LogP contribution in [0, 0.1) is 6.92 Å². The van der Waals surface area contributed by atoms with E-state index in [1.807, 2.05) is 34.8 Å². The minimum atomic E-state index is -0.217. The summed E-state index contributed by atoms with van der Waals surface area (Å²) in [5.74, 6) is 0.752. The SMILES string of the molecule is CCN(Cc1ccncc1)C(=O)c1cnn2c1NC(c1ncc(C)s1)CC2(C)C. The van der Waals surface area contributed by atoms with E-state index < -0.39 is 0 Å². The van der Waals surface area contributed by atoms with E-state index in [-0.39, 0.29) is 17.5 Å². The second-order valence-electron chi connectivity index (χ2n) is 8.02. The highest BCUT2D eigenvalue weighted by molar-refractivity contribution is 7.11. The van der Waals surface area contributed by atoms with Gasteiger partial charge in [0, 0.05) is 36.6 Å². The summed E-state index contributed by atoms with van der Waals surface area (Å²) >= 11 is 1.69. The Morgan fingerprint density at radius 3 is 2.76 bits per heavy atom. The summed E-state index contributed by atoms with van der Waals surface area (Å²) in [6, 6.07) is 3.94. The smallest absolute Gasteiger partial charge is 0.259 e. The zero-order valence-electron chi connectivity index (χ0n) is 17.2. The first-order chi connectivity index (χ1) is 13.9. The van der Waals surface area contributed by atoms with Gasteiger partial charge in [-0.05, 0) is 51.8 Å². The monoisotopic (exact) mass is 410 g/mol. The lowest BCUT2D eigenvalue weighted by atomic mass is 9.93. The van der Waals surface area contributed by atoms with Crippen LogP contribution in [0.2, 0.25) is 0 Å². The molecular weight excluding hydrogens is 384 g/mol. The number of carbonyl (C=O) groups is 1. The molecule has 1 amide bonds. The Balaban J connectivity index is 1.64. The molecule has 3 aromatic heterocycles. The molecule has 3 aromatic rings. The molecule has 4 heterocycles. The molecule has 1 unspecified atom stereocenters. The van der Waals surface area contributed by atoms with Crippen LogP contribution in [0.25, 0.3) is 0 Å². The van der Waals surface area contributed by atoms with E-state index in [0.29, 0.717) is 18.7 Å². The molecular formula is C21H26N6OS. The van der Waals surface area contributed by atoms with E-state index in [0.717, 1.165) is 22.8 Å². The van der Waals surface area contributed by atoms with Gasteiger partial charge in [-0.1, -0.05) is 0 Å². The van der Waals surface area contributed by atoms with Crippen LogP contribution in [0.15, 0.2) is 36.9 Å². The van der Waals surface area contributed by atoms with Crippen molar-refractivity contribution in [1.29, 1.82) is 0 Å². The number of amides is 1. The molecule has 0 radical (unpaired) electrons. The van der Waals surface area contributed by atoms with E-state index >= 15 is 0 Å². The first-order valence-corrected chi connectivity index (χ1v) is 10.7. The molecule has 1 atom stereocenters. The van der Waals surface area contributed by atoms with E-state index in [9.17, 15) is 4.79 Å². The zero-order valence-corrected chi connectivity index (χ0v) is 18.0. The fraction of sp³-hybridized carbons (Fsp3) is 0.429. The molecule has 0 fully saturated rings. The summed E-state index contributed by atoms with van der Waals surface area (Å²) in [6.45, 7) is 9.52. The summed E-state index contributed by atoms with van der Waals surface area (Å²) in [7, 11) is 0. The summed E-state index contributed by atoms with van der Waals surface area (Å²) in [6.07, 6.45) is 7.95. The largest absolute Gasteiger partial charge is 0.360 e. The normalized spacial score (nSPS) is 17.4. The Hall–Kier alpha value is -2.74. The number of aromatic nitrogens is 4. The summed E-state index contributed by atoms with van der Waals surface area (Å²) in [5, 5.41) is 9.16. The van der Waals surface area contributed by atoms with Crippen molar-refractivity contribution in [2.75, 3.05) is 11.9 Å². The Bertz CT molecular complexity index is 1010. The fourth-order valence-electron chi connectivity index (χ4n) is 3.79. The van der Waals surface area contributed by atoms with Crippen molar-refractivity contribution in [3.05, 3.63) is 57.9 Å². The van der Waals surface area contributed by atoms with Crippen LogP contribution in [0.1, 0.15) is 59.0 Å². The predicted octanol–water partition coefficient (Wildman–Crippen LogP) is 4.00. The molecule has 1 aliphatic rings. The van der Waals surface area contributed by atoms with Crippen molar-refractivity contribution >= 4 is 23.1 Å². The molecule has 0 saturated carbocycles. The molecule has 0 aromatic carbocycles. The third-order valence-electron chi connectivity index (χ3n) is 5.32. The topological polar surface area (TPSA) is 75.9 Å². The molecule has 4 rings (SSSR count). The van der Waals surface area contributed by atoms with Gasteiger partial charge in [-0.2, -0.15) is 5.10 Å². The van der Waals surface area contributed by atoms with Gasteiger partial charge < -0.3 is 10.2 Å². The first kappa shape index (κ1) is 19.6. The number of thiazole rings is 1. The Labute approximate surface area is 174 Å². The maximum Gasteiger partial charge on any atom is 0.259 e. The Morgan fingerprint density at radius 1 is 1.34 bits per heavy atom. The number of aryl methyl sites for hydroxylation is 1. The highest BCUT2D eigenvalue weighted by Crippen LogP contribution is 2.41. The Morgan fingerprint density at radius 2 is 2.10 bits per heavy atom. The number of hydrogen-bond donors (Lipinski definition) is 1. The molecule has 29 heavy (non-hydrogen) atoms. The van der Waals surface area contributed by atoms with Crippen molar-refractivity contribution in [3.8, 4) is 0 Å². The van der Waals surface area contributed by atoms with Gasteiger partial charge in [0.15, 0.2) is 0 Å². The number of anilines is 1.